The van der Waals surface area contributed by atoms with Crippen LogP contribution in [0.15, 0.2) is 0 Å². The molecule has 0 fully saturated rings. The Hall–Kier alpha value is -1.94. The van der Waals surface area contributed by atoms with Crippen molar-refractivity contribution < 1.29 is 80.2 Å². The molecule has 0 spiro atoms. The third-order valence-electron chi connectivity index (χ3n) is 20.2. The van der Waals surface area contributed by atoms with Gasteiger partial charge in [-0.05, 0) is 49.4 Å². The Morgan fingerprint density at radius 2 is 0.475 bits per heavy atom. The van der Waals surface area contributed by atoms with E-state index in [1.165, 1.54) is 218 Å². The van der Waals surface area contributed by atoms with E-state index in [9.17, 15) is 43.2 Å². The van der Waals surface area contributed by atoms with Crippen LogP contribution in [0.25, 0.3) is 0 Å². The Morgan fingerprint density at radius 3 is 0.703 bits per heavy atom. The van der Waals surface area contributed by atoms with Gasteiger partial charge in [0.05, 0.1) is 26.4 Å². The topological polar surface area (TPSA) is 237 Å². The zero-order valence-corrected chi connectivity index (χ0v) is 68.3. The van der Waals surface area contributed by atoms with Gasteiger partial charge in [-0.15, -0.1) is 0 Å². The fourth-order valence-corrected chi connectivity index (χ4v) is 14.1. The minimum atomic E-state index is -4.96. The lowest BCUT2D eigenvalue weighted by Gasteiger charge is -2.21. The molecule has 0 radical (unpaired) electrons. The lowest BCUT2D eigenvalue weighted by atomic mass is 9.99. The molecule has 0 heterocycles. The van der Waals surface area contributed by atoms with Crippen molar-refractivity contribution in [1.29, 1.82) is 0 Å². The molecule has 600 valence electrons. The smallest absolute Gasteiger partial charge is 0.462 e. The number of unbranched alkanes of at least 4 members (excludes halogenated alkanes) is 42. The van der Waals surface area contributed by atoms with Gasteiger partial charge in [0.25, 0.3) is 0 Å². The van der Waals surface area contributed by atoms with Gasteiger partial charge in [0.15, 0.2) is 12.2 Å². The highest BCUT2D eigenvalue weighted by atomic mass is 31.2. The first-order chi connectivity index (χ1) is 48.7. The second-order valence-corrected chi connectivity index (χ2v) is 33.6. The van der Waals surface area contributed by atoms with Crippen molar-refractivity contribution in [3.63, 3.8) is 0 Å². The molecule has 0 aromatic rings. The van der Waals surface area contributed by atoms with Crippen molar-refractivity contribution in [2.45, 2.75) is 440 Å². The molecule has 0 aliphatic carbocycles. The van der Waals surface area contributed by atoms with Gasteiger partial charge in [0, 0.05) is 25.7 Å². The summed E-state index contributed by atoms with van der Waals surface area (Å²) in [4.78, 5) is 73.0. The lowest BCUT2D eigenvalue weighted by Crippen LogP contribution is -2.30. The van der Waals surface area contributed by atoms with Crippen LogP contribution in [0.3, 0.4) is 0 Å². The number of hydrogen-bond acceptors (Lipinski definition) is 15. The van der Waals surface area contributed by atoms with E-state index in [4.69, 9.17) is 37.0 Å². The summed E-state index contributed by atoms with van der Waals surface area (Å²) in [5, 5.41) is 10.6. The maximum absolute atomic E-state index is 13.1. The molecule has 0 saturated carbocycles. The molecule has 0 aliphatic heterocycles. The van der Waals surface area contributed by atoms with Gasteiger partial charge in [0.1, 0.15) is 19.3 Å². The number of carbonyl (C=O) groups is 4. The maximum atomic E-state index is 13.1. The van der Waals surface area contributed by atoms with Crippen LogP contribution in [0.4, 0.5) is 0 Å². The van der Waals surface area contributed by atoms with Crippen LogP contribution in [0, 0.1) is 23.7 Å². The van der Waals surface area contributed by atoms with Crippen LogP contribution < -0.4 is 0 Å². The van der Waals surface area contributed by atoms with Crippen molar-refractivity contribution in [3.8, 4) is 0 Å². The second kappa shape index (κ2) is 71.0. The third-order valence-corrected chi connectivity index (χ3v) is 22.1. The Bertz CT molecular complexity index is 1980. The Morgan fingerprint density at radius 1 is 0.277 bits per heavy atom. The number of rotatable bonds is 79. The Balaban J connectivity index is 5.18. The molecule has 19 heteroatoms. The van der Waals surface area contributed by atoms with Crippen LogP contribution in [-0.2, 0) is 65.4 Å². The molecule has 0 amide bonds. The molecule has 0 saturated heterocycles. The molecule has 0 rings (SSSR count). The van der Waals surface area contributed by atoms with Crippen LogP contribution in [0.5, 0.6) is 0 Å². The third kappa shape index (κ3) is 72.1. The molecular weight excluding hydrogens is 1320 g/mol. The Labute approximate surface area is 619 Å². The number of hydrogen-bond donors (Lipinski definition) is 3. The standard InChI is InChI=1S/C82H160O17P2/c1-9-73(6)59-51-43-35-28-24-20-16-14-12-13-15-17-22-26-30-38-48-56-65-82(87)99-78(69-93-80(85)63-55-47-41-40-45-53-61-75(8)11-3)71-97-101(90,91)95-67-76(83)66-94-100(88,89)96-70-77(68-92-79(84)62-54-46-37-33-32-34-42-50-58-72(4)5)98-81(86)64-57-49-39-31-27-23-19-18-21-25-29-36-44-52-60-74(7)10-2/h72-78,83H,9-71H2,1-8H3,(H,88,89)(H,90,91)/t73?,74?,75?,76-,77-,78-/m1/s1. The summed E-state index contributed by atoms with van der Waals surface area (Å²) < 4.78 is 68.7. The summed E-state index contributed by atoms with van der Waals surface area (Å²) in [6, 6.07) is 0. The predicted molar refractivity (Wildman–Crippen MR) is 414 cm³/mol. The van der Waals surface area contributed by atoms with Crippen molar-refractivity contribution in [1.82, 2.24) is 0 Å². The average molecular weight is 1480 g/mol. The molecular formula is C82H160O17P2. The molecule has 101 heavy (non-hydrogen) atoms. The van der Waals surface area contributed by atoms with E-state index in [2.05, 4.69) is 55.4 Å². The monoisotopic (exact) mass is 1480 g/mol. The van der Waals surface area contributed by atoms with Gasteiger partial charge in [-0.3, -0.25) is 37.3 Å². The second-order valence-electron chi connectivity index (χ2n) is 30.7. The Kier molecular flexibility index (Phi) is 69.6. The highest BCUT2D eigenvalue weighted by Crippen LogP contribution is 2.45. The van der Waals surface area contributed by atoms with Crippen LogP contribution in [0.2, 0.25) is 0 Å². The van der Waals surface area contributed by atoms with E-state index >= 15 is 0 Å². The number of phosphoric ester groups is 2. The summed E-state index contributed by atoms with van der Waals surface area (Å²) in [5.41, 5.74) is 0. The highest BCUT2D eigenvalue weighted by molar-refractivity contribution is 7.47. The molecule has 17 nitrogen and oxygen atoms in total. The quantitative estimate of drug-likeness (QED) is 0.0222. The first-order valence-electron chi connectivity index (χ1n) is 42.3. The number of aliphatic hydroxyl groups excluding tert-OH is 1. The largest absolute Gasteiger partial charge is 0.472 e. The highest BCUT2D eigenvalue weighted by Gasteiger charge is 2.30. The van der Waals surface area contributed by atoms with E-state index in [1.807, 2.05) is 0 Å². The SMILES string of the molecule is CCC(C)CCCCCCCCCCCCCCCCCCCCC(=O)O[C@H](COC(=O)CCCCCCCCC(C)CC)COP(=O)(O)OC[C@H](O)COP(=O)(O)OC[C@@H](COC(=O)CCCCCCCCCCC(C)C)OC(=O)CCCCCCCCCCCCCCCCC(C)CC. The number of phosphoric acid groups is 2. The molecule has 3 N–H and O–H groups in total. The number of aliphatic hydroxyl groups is 1. The minimum absolute atomic E-state index is 0.107. The van der Waals surface area contributed by atoms with Crippen molar-refractivity contribution in [2.75, 3.05) is 39.6 Å². The first-order valence-corrected chi connectivity index (χ1v) is 45.3. The predicted octanol–water partition coefficient (Wildman–Crippen LogP) is 24.4. The number of ether oxygens (including phenoxy) is 4. The molecule has 5 unspecified atom stereocenters. The molecule has 0 aromatic heterocycles. The summed E-state index contributed by atoms with van der Waals surface area (Å²) in [7, 11) is -9.92. The normalized spacial score (nSPS) is 14.8. The summed E-state index contributed by atoms with van der Waals surface area (Å²) in [6.07, 6.45) is 58.3. The van der Waals surface area contributed by atoms with Crippen molar-refractivity contribution in [3.05, 3.63) is 0 Å². The summed E-state index contributed by atoms with van der Waals surface area (Å²) in [5.74, 6) is 1.06. The van der Waals surface area contributed by atoms with Gasteiger partial charge >= 0.3 is 39.5 Å². The fraction of sp³-hybridized carbons (Fsp3) is 0.951. The molecule has 0 bridgehead atoms. The summed E-state index contributed by atoms with van der Waals surface area (Å²) in [6.45, 7) is 14.3. The number of carbonyl (C=O) groups excluding carboxylic acids is 4. The molecule has 0 aliphatic rings. The van der Waals surface area contributed by atoms with Crippen LogP contribution in [-0.4, -0.2) is 96.7 Å². The zero-order valence-electron chi connectivity index (χ0n) is 66.5. The van der Waals surface area contributed by atoms with E-state index < -0.39 is 97.5 Å². The van der Waals surface area contributed by atoms with Gasteiger partial charge in [-0.1, -0.05) is 370 Å². The van der Waals surface area contributed by atoms with Crippen molar-refractivity contribution in [2.24, 2.45) is 23.7 Å². The van der Waals surface area contributed by atoms with Crippen LogP contribution in [0.1, 0.15) is 421 Å². The van der Waals surface area contributed by atoms with Crippen molar-refractivity contribution >= 4 is 39.5 Å². The first kappa shape index (κ1) is 99.1. The maximum Gasteiger partial charge on any atom is 0.472 e. The van der Waals surface area contributed by atoms with Gasteiger partial charge in [-0.25, -0.2) is 9.13 Å². The zero-order chi connectivity index (χ0) is 74.6. The van der Waals surface area contributed by atoms with Gasteiger partial charge in [0.2, 0.25) is 0 Å². The lowest BCUT2D eigenvalue weighted by molar-refractivity contribution is -0.161. The van der Waals surface area contributed by atoms with Crippen LogP contribution >= 0.6 is 15.6 Å². The van der Waals surface area contributed by atoms with E-state index in [0.717, 1.165) is 120 Å². The van der Waals surface area contributed by atoms with E-state index in [-0.39, 0.29) is 25.7 Å². The molecule has 0 aromatic carbocycles. The molecule has 8 atom stereocenters. The van der Waals surface area contributed by atoms with Gasteiger partial charge in [-0.2, -0.15) is 0 Å². The summed E-state index contributed by atoms with van der Waals surface area (Å²) >= 11 is 0. The average Bonchev–Trinajstić information content (AvgIpc) is 0.953. The minimum Gasteiger partial charge on any atom is -0.462 e. The van der Waals surface area contributed by atoms with E-state index in [0.29, 0.717) is 25.7 Å². The van der Waals surface area contributed by atoms with Gasteiger partial charge < -0.3 is 33.8 Å². The van der Waals surface area contributed by atoms with E-state index in [1.54, 1.807) is 0 Å². The fourth-order valence-electron chi connectivity index (χ4n) is 12.5. The number of esters is 4.